The number of nitrogens with zero attached hydrogens (tertiary/aromatic N) is 4. The highest BCUT2D eigenvalue weighted by atomic mass is 16.5. The van der Waals surface area contributed by atoms with Gasteiger partial charge in [-0.15, -0.1) is 0 Å². The van der Waals surface area contributed by atoms with E-state index in [-0.39, 0.29) is 24.1 Å². The molecule has 1 aromatic carbocycles. The number of piperidine rings is 1. The number of likely N-dealkylation sites (tertiary alicyclic amines) is 1. The molecule has 8 nitrogen and oxygen atoms in total. The van der Waals surface area contributed by atoms with Gasteiger partial charge in [0.25, 0.3) is 5.91 Å². The average Bonchev–Trinajstić information content (AvgIpc) is 3.28. The van der Waals surface area contributed by atoms with E-state index >= 15 is 0 Å². The first-order chi connectivity index (χ1) is 15.5. The Morgan fingerprint density at radius 3 is 2.72 bits per heavy atom. The van der Waals surface area contributed by atoms with Gasteiger partial charge in [0.15, 0.2) is 0 Å². The van der Waals surface area contributed by atoms with Crippen LogP contribution in [0.2, 0.25) is 0 Å². The molecule has 2 amide bonds. The zero-order chi connectivity index (χ0) is 22.6. The van der Waals surface area contributed by atoms with Gasteiger partial charge in [0, 0.05) is 43.9 Å². The Kier molecular flexibility index (Phi) is 6.30. The summed E-state index contributed by atoms with van der Waals surface area (Å²) < 4.78 is 5.61. The third kappa shape index (κ3) is 4.54. The highest BCUT2D eigenvalue weighted by Crippen LogP contribution is 2.35. The fourth-order valence-electron chi connectivity index (χ4n) is 4.20. The summed E-state index contributed by atoms with van der Waals surface area (Å²) >= 11 is 0. The summed E-state index contributed by atoms with van der Waals surface area (Å²) in [4.78, 5) is 36.4. The number of carbonyl (C=O) groups is 2. The Morgan fingerprint density at radius 2 is 2.00 bits per heavy atom. The molecule has 1 aliphatic heterocycles. The van der Waals surface area contributed by atoms with Crippen molar-refractivity contribution in [2.75, 3.05) is 19.6 Å². The summed E-state index contributed by atoms with van der Waals surface area (Å²) in [5.41, 5.74) is 1.92. The van der Waals surface area contributed by atoms with E-state index in [1.54, 1.807) is 11.1 Å². The van der Waals surface area contributed by atoms with E-state index in [0.717, 1.165) is 17.0 Å². The van der Waals surface area contributed by atoms with Crippen molar-refractivity contribution in [3.05, 3.63) is 65.9 Å². The van der Waals surface area contributed by atoms with Gasteiger partial charge in [0.2, 0.25) is 5.91 Å². The highest BCUT2D eigenvalue weighted by molar-refractivity contribution is 5.93. The molecule has 1 aliphatic rings. The minimum absolute atomic E-state index is 0.0786. The lowest BCUT2D eigenvalue weighted by Crippen LogP contribution is -2.54. The third-order valence-corrected chi connectivity index (χ3v) is 5.82. The molecule has 2 aromatic heterocycles. The fourth-order valence-corrected chi connectivity index (χ4v) is 4.20. The molecule has 0 aliphatic carbocycles. The lowest BCUT2D eigenvalue weighted by atomic mass is 9.75. The van der Waals surface area contributed by atoms with Crippen LogP contribution >= 0.6 is 0 Å². The van der Waals surface area contributed by atoms with Gasteiger partial charge in [0.05, 0.1) is 17.3 Å². The largest absolute Gasteiger partial charge is 0.361 e. The molecular formula is C24H27N5O3. The van der Waals surface area contributed by atoms with Crippen LogP contribution in [0.4, 0.5) is 0 Å². The van der Waals surface area contributed by atoms with Crippen LogP contribution in [0.5, 0.6) is 0 Å². The molecule has 1 unspecified atom stereocenters. The van der Waals surface area contributed by atoms with Crippen LogP contribution < -0.4 is 5.32 Å². The number of carbonyl (C=O) groups excluding carboxylic acids is 2. The summed E-state index contributed by atoms with van der Waals surface area (Å²) in [6, 6.07) is 11.6. The maximum atomic E-state index is 13.2. The summed E-state index contributed by atoms with van der Waals surface area (Å²) in [6.07, 6.45) is 4.80. The Balaban J connectivity index is 1.59. The van der Waals surface area contributed by atoms with E-state index in [1.165, 1.54) is 6.20 Å². The number of hydrogen-bond acceptors (Lipinski definition) is 6. The van der Waals surface area contributed by atoms with Gasteiger partial charge >= 0.3 is 0 Å². The quantitative estimate of drug-likeness (QED) is 0.641. The van der Waals surface area contributed by atoms with E-state index in [2.05, 4.69) is 20.4 Å². The minimum atomic E-state index is -0.796. The zero-order valence-corrected chi connectivity index (χ0v) is 18.4. The highest BCUT2D eigenvalue weighted by Gasteiger charge is 2.44. The summed E-state index contributed by atoms with van der Waals surface area (Å²) in [5, 5.41) is 7.15. The maximum Gasteiger partial charge on any atom is 0.274 e. The molecule has 3 aromatic rings. The Hall–Kier alpha value is -3.55. The number of amides is 2. The number of aryl methyl sites for hydroxylation is 1. The van der Waals surface area contributed by atoms with Crippen molar-refractivity contribution in [3.63, 3.8) is 0 Å². The molecule has 166 valence electrons. The molecule has 32 heavy (non-hydrogen) atoms. The molecule has 0 bridgehead atoms. The van der Waals surface area contributed by atoms with Crippen LogP contribution in [0.25, 0.3) is 11.3 Å². The van der Waals surface area contributed by atoms with Gasteiger partial charge in [-0.1, -0.05) is 35.5 Å². The van der Waals surface area contributed by atoms with E-state index < -0.39 is 5.41 Å². The second kappa shape index (κ2) is 9.30. The standard InChI is InChI=1S/C24H27N5O3/c1-3-25-23(31)24(13-19-12-20(28-32-19)18-8-5-4-6-9-18)10-7-11-29(16-24)22(30)21-15-26-17(2)14-27-21/h4-6,8-9,12,14-15H,3,7,10-11,13,16H2,1-2H3,(H,25,31). The van der Waals surface area contributed by atoms with E-state index in [9.17, 15) is 9.59 Å². The number of aromatic nitrogens is 3. The van der Waals surface area contributed by atoms with Gasteiger partial charge in [-0.05, 0) is 26.7 Å². The van der Waals surface area contributed by atoms with Gasteiger partial charge in [-0.3, -0.25) is 14.6 Å². The number of hydrogen-bond donors (Lipinski definition) is 1. The minimum Gasteiger partial charge on any atom is -0.361 e. The van der Waals surface area contributed by atoms with Crippen molar-refractivity contribution in [1.82, 2.24) is 25.3 Å². The fraction of sp³-hybridized carbons (Fsp3) is 0.375. The third-order valence-electron chi connectivity index (χ3n) is 5.82. The van der Waals surface area contributed by atoms with Gasteiger partial charge in [0.1, 0.15) is 17.1 Å². The Morgan fingerprint density at radius 1 is 1.19 bits per heavy atom. The van der Waals surface area contributed by atoms with Crippen molar-refractivity contribution in [2.45, 2.75) is 33.1 Å². The monoisotopic (exact) mass is 433 g/mol. The molecule has 1 atom stereocenters. The molecule has 1 saturated heterocycles. The predicted molar refractivity (Wildman–Crippen MR) is 119 cm³/mol. The molecule has 4 rings (SSSR count). The summed E-state index contributed by atoms with van der Waals surface area (Å²) in [5.74, 6) is 0.332. The topological polar surface area (TPSA) is 101 Å². The van der Waals surface area contributed by atoms with E-state index in [0.29, 0.717) is 38.1 Å². The first-order valence-corrected chi connectivity index (χ1v) is 10.9. The molecule has 0 saturated carbocycles. The lowest BCUT2D eigenvalue weighted by molar-refractivity contribution is -0.134. The van der Waals surface area contributed by atoms with Crippen LogP contribution in [0.15, 0.2) is 53.3 Å². The molecule has 8 heteroatoms. The van der Waals surface area contributed by atoms with Crippen molar-refractivity contribution in [1.29, 1.82) is 0 Å². The molecule has 0 spiro atoms. The first kappa shape index (κ1) is 21.7. The summed E-state index contributed by atoms with van der Waals surface area (Å²) in [6.45, 7) is 5.09. The van der Waals surface area contributed by atoms with Crippen LogP contribution in [0.3, 0.4) is 0 Å². The van der Waals surface area contributed by atoms with Crippen LogP contribution in [-0.4, -0.2) is 51.5 Å². The van der Waals surface area contributed by atoms with Crippen molar-refractivity contribution < 1.29 is 14.1 Å². The zero-order valence-electron chi connectivity index (χ0n) is 18.4. The van der Waals surface area contributed by atoms with E-state index in [1.807, 2.05) is 50.2 Å². The number of rotatable bonds is 6. The van der Waals surface area contributed by atoms with Gasteiger partial charge in [-0.25, -0.2) is 4.98 Å². The molecule has 1 N–H and O–H groups in total. The second-order valence-corrected chi connectivity index (χ2v) is 8.23. The average molecular weight is 434 g/mol. The molecule has 3 heterocycles. The van der Waals surface area contributed by atoms with Crippen LogP contribution in [0.1, 0.15) is 41.7 Å². The first-order valence-electron chi connectivity index (χ1n) is 10.9. The number of nitrogens with one attached hydrogen (secondary N) is 1. The van der Waals surface area contributed by atoms with Crippen LogP contribution in [-0.2, 0) is 11.2 Å². The van der Waals surface area contributed by atoms with Gasteiger partial charge in [-0.2, -0.15) is 0 Å². The van der Waals surface area contributed by atoms with Crippen molar-refractivity contribution >= 4 is 11.8 Å². The second-order valence-electron chi connectivity index (χ2n) is 8.23. The van der Waals surface area contributed by atoms with Crippen molar-refractivity contribution in [3.8, 4) is 11.3 Å². The predicted octanol–water partition coefficient (Wildman–Crippen LogP) is 3.04. The Labute approximate surface area is 187 Å². The lowest BCUT2D eigenvalue weighted by Gasteiger charge is -2.41. The molecule has 1 fully saturated rings. The normalized spacial score (nSPS) is 18.4. The smallest absolute Gasteiger partial charge is 0.274 e. The maximum absolute atomic E-state index is 13.2. The van der Waals surface area contributed by atoms with Gasteiger partial charge < -0.3 is 14.7 Å². The Bertz CT molecular complexity index is 1080. The molecule has 0 radical (unpaired) electrons. The summed E-state index contributed by atoms with van der Waals surface area (Å²) in [7, 11) is 0. The van der Waals surface area contributed by atoms with E-state index in [4.69, 9.17) is 4.52 Å². The number of benzene rings is 1. The van der Waals surface area contributed by atoms with Crippen molar-refractivity contribution in [2.24, 2.45) is 5.41 Å². The SMILES string of the molecule is CCNC(=O)C1(Cc2cc(-c3ccccc3)no2)CCCN(C(=O)c2cnc(C)cn2)C1. The molecular weight excluding hydrogens is 406 g/mol. The van der Waals surface area contributed by atoms with Crippen LogP contribution in [0, 0.1) is 12.3 Å².